The van der Waals surface area contributed by atoms with Crippen molar-refractivity contribution < 1.29 is 19.7 Å². The molecule has 1 saturated carbocycles. The van der Waals surface area contributed by atoms with Gasteiger partial charge in [0.1, 0.15) is 12.4 Å². The molecule has 1 heterocycles. The third-order valence-corrected chi connectivity index (χ3v) is 7.07. The minimum Gasteiger partial charge on any atom is -0.489 e. The molecular weight excluding hydrogens is 390 g/mol. The second-order valence-corrected chi connectivity index (χ2v) is 9.20. The summed E-state index contributed by atoms with van der Waals surface area (Å²) in [6.45, 7) is 2.65. The Bertz CT molecular complexity index is 1130. The van der Waals surface area contributed by atoms with Crippen LogP contribution >= 0.6 is 0 Å². The second kappa shape index (κ2) is 8.04. The highest BCUT2D eigenvalue weighted by Gasteiger charge is 2.28. The van der Waals surface area contributed by atoms with Crippen molar-refractivity contribution in [2.75, 3.05) is 0 Å². The SMILES string of the molecule is Cc1cc(COc2ccc3[nH]c4c(c3c2)CC[C@@H]4CC(=O)O)ccc1[C@H]1CC[C@@H](O)C1. The molecule has 3 atom stereocenters. The number of H-pyrrole nitrogens is 1. The predicted molar refractivity (Wildman–Crippen MR) is 120 cm³/mol. The van der Waals surface area contributed by atoms with Crippen molar-refractivity contribution >= 4 is 16.9 Å². The van der Waals surface area contributed by atoms with Gasteiger partial charge in [-0.25, -0.2) is 0 Å². The third kappa shape index (κ3) is 3.94. The lowest BCUT2D eigenvalue weighted by Crippen LogP contribution is -2.03. The van der Waals surface area contributed by atoms with Gasteiger partial charge in [-0.3, -0.25) is 4.79 Å². The van der Waals surface area contributed by atoms with E-state index in [4.69, 9.17) is 9.84 Å². The molecule has 3 N–H and O–H groups in total. The van der Waals surface area contributed by atoms with Crippen LogP contribution in [0.5, 0.6) is 5.75 Å². The minimum absolute atomic E-state index is 0.0757. The highest BCUT2D eigenvalue weighted by atomic mass is 16.5. The smallest absolute Gasteiger partial charge is 0.304 e. The molecule has 31 heavy (non-hydrogen) atoms. The normalized spacial score (nSPS) is 22.7. The van der Waals surface area contributed by atoms with Crippen LogP contribution in [0.4, 0.5) is 0 Å². The first kappa shape index (κ1) is 20.1. The molecule has 0 spiro atoms. The molecule has 0 unspecified atom stereocenters. The van der Waals surface area contributed by atoms with Gasteiger partial charge in [0.05, 0.1) is 12.5 Å². The monoisotopic (exact) mass is 419 g/mol. The standard InChI is InChI=1S/C26H29NO4/c1-15-10-16(2-7-21(15)17-3-5-19(28)11-17)14-31-20-6-9-24-23(13-20)22-8-4-18(12-25(29)30)26(22)27-24/h2,6-7,9-10,13,17-19,27-28H,3-5,8,11-12,14H2,1H3,(H,29,30)/t17-,18+,19+/m0/s1. The third-order valence-electron chi connectivity index (χ3n) is 7.07. The Morgan fingerprint density at radius 3 is 2.77 bits per heavy atom. The van der Waals surface area contributed by atoms with Crippen LogP contribution in [-0.4, -0.2) is 27.3 Å². The van der Waals surface area contributed by atoms with E-state index >= 15 is 0 Å². The Morgan fingerprint density at radius 1 is 1.16 bits per heavy atom. The lowest BCUT2D eigenvalue weighted by molar-refractivity contribution is -0.137. The Labute approximate surface area is 182 Å². The number of aliphatic hydroxyl groups is 1. The second-order valence-electron chi connectivity index (χ2n) is 9.20. The van der Waals surface area contributed by atoms with Crippen LogP contribution in [0.2, 0.25) is 0 Å². The molecule has 0 amide bonds. The van der Waals surface area contributed by atoms with Crippen molar-refractivity contribution in [1.29, 1.82) is 0 Å². The molecule has 2 aromatic carbocycles. The average Bonchev–Trinajstić information content (AvgIpc) is 3.42. The molecule has 5 nitrogen and oxygen atoms in total. The van der Waals surface area contributed by atoms with E-state index in [0.717, 1.165) is 60.0 Å². The Kier molecular flexibility index (Phi) is 5.22. The van der Waals surface area contributed by atoms with Crippen molar-refractivity contribution in [3.05, 3.63) is 64.3 Å². The van der Waals surface area contributed by atoms with Crippen molar-refractivity contribution in [2.24, 2.45) is 0 Å². The van der Waals surface area contributed by atoms with Crippen molar-refractivity contribution in [3.63, 3.8) is 0 Å². The number of carboxylic acids is 1. The van der Waals surface area contributed by atoms with Gasteiger partial charge in [-0.15, -0.1) is 0 Å². The highest BCUT2D eigenvalue weighted by Crippen LogP contribution is 2.40. The number of aromatic nitrogens is 1. The Balaban J connectivity index is 1.30. The van der Waals surface area contributed by atoms with Crippen LogP contribution in [-0.2, 0) is 17.8 Å². The number of aryl methyl sites for hydroxylation is 2. The molecular formula is C26H29NO4. The van der Waals surface area contributed by atoms with Crippen LogP contribution in [0.15, 0.2) is 36.4 Å². The summed E-state index contributed by atoms with van der Waals surface area (Å²) in [6.07, 6.45) is 4.65. The zero-order chi connectivity index (χ0) is 21.5. The lowest BCUT2D eigenvalue weighted by atomic mass is 9.92. The molecule has 5 heteroatoms. The van der Waals surface area contributed by atoms with Gasteiger partial charge in [-0.2, -0.15) is 0 Å². The van der Waals surface area contributed by atoms with Gasteiger partial charge < -0.3 is 19.9 Å². The van der Waals surface area contributed by atoms with E-state index < -0.39 is 5.97 Å². The molecule has 1 aromatic heterocycles. The summed E-state index contributed by atoms with van der Waals surface area (Å²) in [5.74, 6) is 0.627. The average molecular weight is 420 g/mol. The van der Waals surface area contributed by atoms with Gasteiger partial charge in [0, 0.05) is 22.5 Å². The first-order chi connectivity index (χ1) is 15.0. The summed E-state index contributed by atoms with van der Waals surface area (Å²) < 4.78 is 6.11. The summed E-state index contributed by atoms with van der Waals surface area (Å²) in [6, 6.07) is 12.6. The van der Waals surface area contributed by atoms with E-state index in [1.54, 1.807) is 0 Å². The number of carbonyl (C=O) groups is 1. The maximum absolute atomic E-state index is 11.1. The van der Waals surface area contributed by atoms with Gasteiger partial charge in [-0.1, -0.05) is 18.2 Å². The molecule has 0 saturated heterocycles. The highest BCUT2D eigenvalue weighted by molar-refractivity contribution is 5.87. The molecule has 0 aliphatic heterocycles. The molecule has 0 bridgehead atoms. The number of aliphatic hydroxyl groups excluding tert-OH is 1. The first-order valence-electron chi connectivity index (χ1n) is 11.2. The lowest BCUT2D eigenvalue weighted by Gasteiger charge is -2.15. The van der Waals surface area contributed by atoms with Crippen LogP contribution in [0.25, 0.3) is 10.9 Å². The molecule has 2 aliphatic carbocycles. The first-order valence-corrected chi connectivity index (χ1v) is 11.2. The summed E-state index contributed by atoms with van der Waals surface area (Å²) >= 11 is 0. The number of ether oxygens (including phenoxy) is 1. The zero-order valence-electron chi connectivity index (χ0n) is 17.9. The molecule has 162 valence electrons. The molecule has 3 aromatic rings. The number of rotatable bonds is 6. The zero-order valence-corrected chi connectivity index (χ0v) is 17.9. The quantitative estimate of drug-likeness (QED) is 0.514. The molecule has 2 aliphatic rings. The summed E-state index contributed by atoms with van der Waals surface area (Å²) in [4.78, 5) is 14.6. The van der Waals surface area contributed by atoms with Crippen LogP contribution < -0.4 is 4.74 Å². The van der Waals surface area contributed by atoms with E-state index in [-0.39, 0.29) is 18.4 Å². The number of hydrogen-bond acceptors (Lipinski definition) is 3. The van der Waals surface area contributed by atoms with Gasteiger partial charge in [0.2, 0.25) is 0 Å². The number of carboxylic acid groups (broad SMARTS) is 1. The van der Waals surface area contributed by atoms with Gasteiger partial charge in [0.25, 0.3) is 0 Å². The fraction of sp³-hybridized carbons (Fsp3) is 0.423. The molecule has 1 fully saturated rings. The van der Waals surface area contributed by atoms with Crippen LogP contribution in [0.3, 0.4) is 0 Å². The maximum Gasteiger partial charge on any atom is 0.304 e. The topological polar surface area (TPSA) is 82.6 Å². The Hall–Kier alpha value is -2.79. The maximum atomic E-state index is 11.1. The van der Waals surface area contributed by atoms with Crippen molar-refractivity contribution in [1.82, 2.24) is 4.98 Å². The molecule has 5 rings (SSSR count). The van der Waals surface area contributed by atoms with E-state index in [2.05, 4.69) is 36.2 Å². The van der Waals surface area contributed by atoms with E-state index in [1.165, 1.54) is 16.7 Å². The van der Waals surface area contributed by atoms with Crippen LogP contribution in [0.1, 0.15) is 71.9 Å². The number of benzene rings is 2. The van der Waals surface area contributed by atoms with E-state index in [1.807, 2.05) is 12.1 Å². The molecule has 0 radical (unpaired) electrons. The van der Waals surface area contributed by atoms with E-state index in [9.17, 15) is 9.90 Å². The number of hydrogen-bond donors (Lipinski definition) is 3. The summed E-state index contributed by atoms with van der Waals surface area (Å²) in [5, 5.41) is 20.1. The fourth-order valence-corrected chi connectivity index (χ4v) is 5.53. The van der Waals surface area contributed by atoms with Gasteiger partial charge >= 0.3 is 5.97 Å². The summed E-state index contributed by atoms with van der Waals surface area (Å²) in [7, 11) is 0. The van der Waals surface area contributed by atoms with Crippen LogP contribution in [0, 0.1) is 6.92 Å². The fourth-order valence-electron chi connectivity index (χ4n) is 5.53. The number of aliphatic carboxylic acids is 1. The van der Waals surface area contributed by atoms with Gasteiger partial charge in [-0.05, 0) is 85.4 Å². The summed E-state index contributed by atoms with van der Waals surface area (Å²) in [5.41, 5.74) is 7.12. The number of fused-ring (bicyclic) bond motifs is 3. The van der Waals surface area contributed by atoms with Crippen molar-refractivity contribution in [2.45, 2.75) is 70.0 Å². The predicted octanol–water partition coefficient (Wildman–Crippen LogP) is 5.19. The minimum atomic E-state index is -0.744. The number of nitrogens with one attached hydrogen (secondary N) is 1. The largest absolute Gasteiger partial charge is 0.489 e. The number of aromatic amines is 1. The van der Waals surface area contributed by atoms with E-state index in [0.29, 0.717) is 12.5 Å². The Morgan fingerprint density at radius 2 is 2.03 bits per heavy atom. The van der Waals surface area contributed by atoms with Crippen molar-refractivity contribution in [3.8, 4) is 5.75 Å². The van der Waals surface area contributed by atoms with Gasteiger partial charge in [0.15, 0.2) is 0 Å².